The number of anilines is 1. The van der Waals surface area contributed by atoms with Gasteiger partial charge in [0, 0.05) is 31.6 Å². The van der Waals surface area contributed by atoms with Gasteiger partial charge in [-0.2, -0.15) is 0 Å². The van der Waals surface area contributed by atoms with Gasteiger partial charge in [0.05, 0.1) is 11.5 Å². The Labute approximate surface area is 213 Å². The summed E-state index contributed by atoms with van der Waals surface area (Å²) in [5.74, 6) is 2.38. The van der Waals surface area contributed by atoms with Crippen molar-refractivity contribution in [3.05, 3.63) is 80.1 Å². The topological polar surface area (TPSA) is 59.8 Å². The number of aromatic nitrogens is 3. The molecule has 0 atom stereocenters. The van der Waals surface area contributed by atoms with Gasteiger partial charge in [-0.3, -0.25) is 4.79 Å². The van der Waals surface area contributed by atoms with Gasteiger partial charge in [0.25, 0.3) is 0 Å². The Morgan fingerprint density at radius 1 is 1.16 bits per heavy atom. The fraction of sp³-hybridized carbons (Fsp3) is 0.190. The molecular formula is C21H19Cl2IN4OS2. The molecule has 162 valence electrons. The Hall–Kier alpha value is -1.20. The zero-order chi connectivity index (χ0) is 22.2. The van der Waals surface area contributed by atoms with Crippen LogP contribution in [0.2, 0.25) is 10.0 Å². The van der Waals surface area contributed by atoms with Crippen LogP contribution in [0.15, 0.2) is 60.3 Å². The number of halogens is 3. The van der Waals surface area contributed by atoms with E-state index in [1.807, 2.05) is 41.0 Å². The van der Waals surface area contributed by atoms with Crippen LogP contribution in [0.3, 0.4) is 0 Å². The highest BCUT2D eigenvalue weighted by atomic mass is 127. The zero-order valence-electron chi connectivity index (χ0n) is 16.4. The fourth-order valence-electron chi connectivity index (χ4n) is 2.60. The molecule has 0 aliphatic carbocycles. The quantitative estimate of drug-likeness (QED) is 0.162. The van der Waals surface area contributed by atoms with Crippen molar-refractivity contribution in [3.63, 3.8) is 0 Å². The summed E-state index contributed by atoms with van der Waals surface area (Å²) in [4.78, 5) is 12.3. The Kier molecular flexibility index (Phi) is 9.58. The van der Waals surface area contributed by atoms with E-state index in [0.29, 0.717) is 27.5 Å². The number of nitrogens with one attached hydrogen (secondary N) is 1. The standard InChI is InChI=1S/C21H19Cl2IN4OS2/c1-2-9-28-19(12-30-11-14-3-4-15(22)10-18(14)23)26-27-21(28)31-13-20(29)25-17-7-5-16(24)6-8-17/h2-8,10H,1,9,11-13H2,(H,25,29). The number of nitrogens with zero attached hydrogens (tertiary/aromatic N) is 3. The van der Waals surface area contributed by atoms with E-state index in [2.05, 4.69) is 44.7 Å². The van der Waals surface area contributed by atoms with E-state index in [1.54, 1.807) is 23.9 Å². The summed E-state index contributed by atoms with van der Waals surface area (Å²) in [7, 11) is 0. The molecule has 0 bridgehead atoms. The summed E-state index contributed by atoms with van der Waals surface area (Å²) in [6.45, 7) is 4.40. The average molecular weight is 605 g/mol. The third-order valence-corrected chi connectivity index (χ3v) is 7.32. The molecule has 1 aromatic heterocycles. The predicted molar refractivity (Wildman–Crippen MR) is 140 cm³/mol. The number of amides is 1. The monoisotopic (exact) mass is 604 g/mol. The van der Waals surface area contributed by atoms with Crippen LogP contribution in [0.5, 0.6) is 0 Å². The van der Waals surface area contributed by atoms with Gasteiger partial charge in [-0.15, -0.1) is 28.5 Å². The van der Waals surface area contributed by atoms with Crippen LogP contribution < -0.4 is 5.32 Å². The van der Waals surface area contributed by atoms with E-state index in [1.165, 1.54) is 11.8 Å². The van der Waals surface area contributed by atoms with E-state index in [0.717, 1.165) is 26.4 Å². The van der Waals surface area contributed by atoms with Crippen LogP contribution in [0, 0.1) is 3.57 Å². The Morgan fingerprint density at radius 3 is 2.65 bits per heavy atom. The Bertz CT molecular complexity index is 1060. The van der Waals surface area contributed by atoms with E-state index < -0.39 is 0 Å². The van der Waals surface area contributed by atoms with E-state index in [4.69, 9.17) is 23.2 Å². The molecule has 3 rings (SSSR count). The van der Waals surface area contributed by atoms with Crippen molar-refractivity contribution < 1.29 is 4.79 Å². The van der Waals surface area contributed by atoms with Crippen LogP contribution in [-0.2, 0) is 22.8 Å². The molecule has 1 heterocycles. The fourth-order valence-corrected chi connectivity index (χ4v) is 5.25. The molecule has 0 unspecified atom stereocenters. The number of carbonyl (C=O) groups is 1. The maximum absolute atomic E-state index is 12.3. The molecule has 1 amide bonds. The first-order valence-corrected chi connectivity index (χ1v) is 13.2. The molecule has 0 saturated carbocycles. The maximum Gasteiger partial charge on any atom is 0.234 e. The number of hydrogen-bond donors (Lipinski definition) is 1. The second-order valence-corrected chi connectivity index (χ2v) is 10.4. The summed E-state index contributed by atoms with van der Waals surface area (Å²) in [5.41, 5.74) is 1.80. The number of hydrogen-bond acceptors (Lipinski definition) is 5. The lowest BCUT2D eigenvalue weighted by Crippen LogP contribution is -2.14. The van der Waals surface area contributed by atoms with Gasteiger partial charge >= 0.3 is 0 Å². The van der Waals surface area contributed by atoms with Gasteiger partial charge < -0.3 is 9.88 Å². The Morgan fingerprint density at radius 2 is 1.94 bits per heavy atom. The summed E-state index contributed by atoms with van der Waals surface area (Å²) >= 11 is 17.5. The molecule has 1 N–H and O–H groups in total. The van der Waals surface area contributed by atoms with Crippen molar-refractivity contribution in [2.75, 3.05) is 11.1 Å². The summed E-state index contributed by atoms with van der Waals surface area (Å²) in [5, 5.41) is 13.4. The zero-order valence-corrected chi connectivity index (χ0v) is 21.7. The molecule has 31 heavy (non-hydrogen) atoms. The van der Waals surface area contributed by atoms with Gasteiger partial charge in [0.15, 0.2) is 5.16 Å². The lowest BCUT2D eigenvalue weighted by Gasteiger charge is -2.09. The number of allylic oxidation sites excluding steroid dienone is 1. The molecule has 0 aliphatic rings. The number of thioether (sulfide) groups is 2. The molecule has 0 aliphatic heterocycles. The molecule has 5 nitrogen and oxygen atoms in total. The molecule has 0 spiro atoms. The number of carbonyl (C=O) groups excluding carboxylic acids is 1. The minimum Gasteiger partial charge on any atom is -0.325 e. The normalized spacial score (nSPS) is 10.8. The number of rotatable bonds is 10. The lowest BCUT2D eigenvalue weighted by molar-refractivity contribution is -0.113. The molecule has 3 aromatic rings. The third-order valence-electron chi connectivity index (χ3n) is 4.07. The van der Waals surface area contributed by atoms with Gasteiger partial charge in [-0.1, -0.05) is 47.1 Å². The maximum atomic E-state index is 12.3. The first-order valence-electron chi connectivity index (χ1n) is 9.19. The highest BCUT2D eigenvalue weighted by molar-refractivity contribution is 14.1. The van der Waals surface area contributed by atoms with E-state index >= 15 is 0 Å². The van der Waals surface area contributed by atoms with Crippen LogP contribution in [0.4, 0.5) is 5.69 Å². The molecular weight excluding hydrogens is 586 g/mol. The van der Waals surface area contributed by atoms with Crippen LogP contribution in [0.1, 0.15) is 11.4 Å². The van der Waals surface area contributed by atoms with Gasteiger partial charge in [0.1, 0.15) is 5.82 Å². The second-order valence-electron chi connectivity index (χ2n) is 6.37. The predicted octanol–water partition coefficient (Wildman–Crippen LogP) is 6.54. The average Bonchev–Trinajstić information content (AvgIpc) is 3.12. The highest BCUT2D eigenvalue weighted by Gasteiger charge is 2.14. The van der Waals surface area contributed by atoms with Crippen LogP contribution in [0.25, 0.3) is 0 Å². The lowest BCUT2D eigenvalue weighted by atomic mass is 10.2. The van der Waals surface area contributed by atoms with E-state index in [9.17, 15) is 4.79 Å². The minimum absolute atomic E-state index is 0.0901. The molecule has 0 saturated heterocycles. The first-order chi connectivity index (χ1) is 15.0. The minimum atomic E-state index is -0.0901. The van der Waals surface area contributed by atoms with Gasteiger partial charge in [-0.25, -0.2) is 0 Å². The third kappa shape index (κ3) is 7.42. The Balaban J connectivity index is 1.57. The van der Waals surface area contributed by atoms with Crippen molar-refractivity contribution in [3.8, 4) is 0 Å². The number of benzene rings is 2. The van der Waals surface area contributed by atoms with Crippen molar-refractivity contribution in [2.24, 2.45) is 0 Å². The highest BCUT2D eigenvalue weighted by Crippen LogP contribution is 2.27. The summed E-state index contributed by atoms with van der Waals surface area (Å²) < 4.78 is 3.10. The van der Waals surface area contributed by atoms with Crippen LogP contribution >= 0.6 is 69.3 Å². The van der Waals surface area contributed by atoms with Crippen molar-refractivity contribution in [1.82, 2.24) is 14.8 Å². The molecule has 10 heteroatoms. The molecule has 0 radical (unpaired) electrons. The molecule has 0 fully saturated rings. The van der Waals surface area contributed by atoms with Crippen molar-refractivity contribution >= 4 is 80.9 Å². The SMILES string of the molecule is C=CCn1c(CSCc2ccc(Cl)cc2Cl)nnc1SCC(=O)Nc1ccc(I)cc1. The van der Waals surface area contributed by atoms with Gasteiger partial charge in [0.2, 0.25) is 5.91 Å². The smallest absolute Gasteiger partial charge is 0.234 e. The molecule has 2 aromatic carbocycles. The van der Waals surface area contributed by atoms with Crippen LogP contribution in [-0.4, -0.2) is 26.4 Å². The van der Waals surface area contributed by atoms with Crippen molar-refractivity contribution in [1.29, 1.82) is 0 Å². The van der Waals surface area contributed by atoms with E-state index in [-0.39, 0.29) is 11.7 Å². The summed E-state index contributed by atoms with van der Waals surface area (Å²) in [6, 6.07) is 13.2. The second kappa shape index (κ2) is 12.2. The first kappa shape index (κ1) is 24.4. The largest absolute Gasteiger partial charge is 0.325 e. The van der Waals surface area contributed by atoms with Crippen molar-refractivity contribution in [2.45, 2.75) is 23.2 Å². The van der Waals surface area contributed by atoms with Gasteiger partial charge in [-0.05, 0) is 64.6 Å². The summed E-state index contributed by atoms with van der Waals surface area (Å²) in [6.07, 6.45) is 1.79.